The summed E-state index contributed by atoms with van der Waals surface area (Å²) < 4.78 is 0. The van der Waals surface area contributed by atoms with Crippen LogP contribution in [-0.2, 0) is 0 Å². The predicted octanol–water partition coefficient (Wildman–Crippen LogP) is 5.75. The van der Waals surface area contributed by atoms with Crippen molar-refractivity contribution in [3.63, 3.8) is 0 Å². The van der Waals surface area contributed by atoms with E-state index in [2.05, 4.69) is 58.0 Å². The minimum Gasteiger partial charge on any atom is -0.507 e. The van der Waals surface area contributed by atoms with E-state index in [0.717, 1.165) is 11.1 Å². The molecule has 21 heavy (non-hydrogen) atoms. The molecule has 3 rings (SSSR count). The van der Waals surface area contributed by atoms with Gasteiger partial charge in [0.25, 0.3) is 0 Å². The molecule has 1 nitrogen and oxygen atoms in total. The minimum atomic E-state index is 0.299. The summed E-state index contributed by atoms with van der Waals surface area (Å²) in [6, 6.07) is 10.8. The van der Waals surface area contributed by atoms with Gasteiger partial charge in [0.1, 0.15) is 5.75 Å². The van der Waals surface area contributed by atoms with Gasteiger partial charge >= 0.3 is 0 Å². The smallest absolute Gasteiger partial charge is 0.122 e. The first-order valence-electron chi connectivity index (χ1n) is 7.57. The van der Waals surface area contributed by atoms with Gasteiger partial charge in [0.2, 0.25) is 0 Å². The van der Waals surface area contributed by atoms with Crippen LogP contribution in [0, 0.1) is 20.8 Å². The number of aromatic hydroxyl groups is 1. The molecule has 0 fully saturated rings. The molecule has 108 valence electrons. The van der Waals surface area contributed by atoms with Gasteiger partial charge in [-0.15, -0.1) is 0 Å². The molecule has 0 spiro atoms. The largest absolute Gasteiger partial charge is 0.507 e. The molecule has 1 N–H and O–H groups in total. The summed E-state index contributed by atoms with van der Waals surface area (Å²) in [7, 11) is 0. The van der Waals surface area contributed by atoms with Crippen LogP contribution in [0.15, 0.2) is 30.3 Å². The summed E-state index contributed by atoms with van der Waals surface area (Å²) in [4.78, 5) is 0. The Morgan fingerprint density at radius 1 is 0.857 bits per heavy atom. The summed E-state index contributed by atoms with van der Waals surface area (Å²) >= 11 is 0. The van der Waals surface area contributed by atoms with Crippen LogP contribution < -0.4 is 0 Å². The van der Waals surface area contributed by atoms with Gasteiger partial charge in [-0.05, 0) is 64.9 Å². The molecule has 0 aliphatic heterocycles. The number of phenols is 1. The van der Waals surface area contributed by atoms with E-state index >= 15 is 0 Å². The van der Waals surface area contributed by atoms with Gasteiger partial charge in [0.05, 0.1) is 0 Å². The van der Waals surface area contributed by atoms with Crippen LogP contribution in [0.4, 0.5) is 0 Å². The lowest BCUT2D eigenvalue weighted by Crippen LogP contribution is -1.97. The summed E-state index contributed by atoms with van der Waals surface area (Å²) in [6.45, 7) is 10.6. The Morgan fingerprint density at radius 3 is 2.24 bits per heavy atom. The van der Waals surface area contributed by atoms with Gasteiger partial charge in [-0.25, -0.2) is 0 Å². The van der Waals surface area contributed by atoms with Gasteiger partial charge in [0.15, 0.2) is 0 Å². The van der Waals surface area contributed by atoms with Gasteiger partial charge in [-0.1, -0.05) is 44.2 Å². The molecule has 0 aliphatic carbocycles. The molecule has 3 aromatic carbocycles. The van der Waals surface area contributed by atoms with E-state index in [1.807, 2.05) is 6.92 Å². The number of rotatable bonds is 1. The Hall–Kier alpha value is -2.02. The zero-order valence-electron chi connectivity index (χ0n) is 13.4. The number of phenolic OH excluding ortho intramolecular Hbond substituents is 1. The van der Waals surface area contributed by atoms with Crippen molar-refractivity contribution in [2.45, 2.75) is 40.5 Å². The predicted molar refractivity (Wildman–Crippen MR) is 91.4 cm³/mol. The average molecular weight is 278 g/mol. The molecule has 0 amide bonds. The number of aryl methyl sites for hydroxylation is 2. The highest BCUT2D eigenvalue weighted by Crippen LogP contribution is 2.42. The van der Waals surface area contributed by atoms with Crippen LogP contribution in [0.2, 0.25) is 0 Å². The second kappa shape index (κ2) is 4.77. The van der Waals surface area contributed by atoms with Crippen molar-refractivity contribution in [3.8, 4) is 5.75 Å². The van der Waals surface area contributed by atoms with E-state index in [0.29, 0.717) is 11.7 Å². The van der Waals surface area contributed by atoms with E-state index in [1.54, 1.807) is 0 Å². The Kier molecular flexibility index (Phi) is 3.16. The standard InChI is InChI=1S/C20H22O/c1-11(2)17-16-10-9-15-8-6-7-12(3)18(15)19(16)13(4)14(5)20(17)21/h6-11,21H,1-5H3. The fourth-order valence-corrected chi connectivity index (χ4v) is 3.46. The van der Waals surface area contributed by atoms with Crippen molar-refractivity contribution in [2.75, 3.05) is 0 Å². The lowest BCUT2D eigenvalue weighted by atomic mass is 9.86. The molecule has 0 saturated heterocycles. The quantitative estimate of drug-likeness (QED) is 0.562. The molecule has 0 saturated carbocycles. The second-order valence-electron chi connectivity index (χ2n) is 6.33. The molecule has 0 bridgehead atoms. The molecule has 0 aromatic heterocycles. The van der Waals surface area contributed by atoms with E-state index < -0.39 is 0 Å². The molecule has 0 aliphatic rings. The van der Waals surface area contributed by atoms with Gasteiger partial charge in [0, 0.05) is 5.56 Å². The van der Waals surface area contributed by atoms with Crippen molar-refractivity contribution < 1.29 is 5.11 Å². The maximum absolute atomic E-state index is 10.6. The van der Waals surface area contributed by atoms with Crippen LogP contribution in [-0.4, -0.2) is 5.11 Å². The van der Waals surface area contributed by atoms with E-state index in [-0.39, 0.29) is 0 Å². The van der Waals surface area contributed by atoms with E-state index in [4.69, 9.17) is 0 Å². The molecule has 0 atom stereocenters. The summed E-state index contributed by atoms with van der Waals surface area (Å²) in [5, 5.41) is 15.7. The van der Waals surface area contributed by atoms with Gasteiger partial charge in [-0.2, -0.15) is 0 Å². The molecule has 0 radical (unpaired) electrons. The topological polar surface area (TPSA) is 20.2 Å². The minimum absolute atomic E-state index is 0.299. The lowest BCUT2D eigenvalue weighted by molar-refractivity contribution is 0.461. The van der Waals surface area contributed by atoms with Gasteiger partial charge in [-0.3, -0.25) is 0 Å². The molecule has 0 unspecified atom stereocenters. The Labute approximate surface area is 126 Å². The fraction of sp³-hybridized carbons (Fsp3) is 0.300. The van der Waals surface area contributed by atoms with E-state index in [9.17, 15) is 5.11 Å². The average Bonchev–Trinajstić information content (AvgIpc) is 2.44. The molecule has 0 heterocycles. The number of fused-ring (bicyclic) bond motifs is 3. The first-order valence-corrected chi connectivity index (χ1v) is 7.57. The number of benzene rings is 3. The maximum atomic E-state index is 10.6. The van der Waals surface area contributed by atoms with Gasteiger partial charge < -0.3 is 5.11 Å². The highest BCUT2D eigenvalue weighted by molar-refractivity contribution is 6.12. The molecule has 1 heteroatoms. The fourth-order valence-electron chi connectivity index (χ4n) is 3.46. The first kappa shape index (κ1) is 13.9. The number of hydrogen-bond donors (Lipinski definition) is 1. The van der Waals surface area contributed by atoms with Crippen LogP contribution in [0.5, 0.6) is 5.75 Å². The van der Waals surface area contributed by atoms with Crippen LogP contribution in [0.1, 0.15) is 42.0 Å². The Morgan fingerprint density at radius 2 is 1.57 bits per heavy atom. The monoisotopic (exact) mass is 278 g/mol. The normalized spacial score (nSPS) is 11.7. The van der Waals surface area contributed by atoms with Crippen molar-refractivity contribution in [2.24, 2.45) is 0 Å². The SMILES string of the molecule is Cc1c(O)c(C(C)C)c2ccc3cccc(C)c3c2c1C. The van der Waals surface area contributed by atoms with Crippen LogP contribution >= 0.6 is 0 Å². The Bertz CT molecular complexity index is 857. The zero-order valence-corrected chi connectivity index (χ0v) is 13.4. The van der Waals surface area contributed by atoms with Crippen LogP contribution in [0.3, 0.4) is 0 Å². The maximum Gasteiger partial charge on any atom is 0.122 e. The van der Waals surface area contributed by atoms with Crippen molar-refractivity contribution in [1.82, 2.24) is 0 Å². The summed E-state index contributed by atoms with van der Waals surface area (Å²) in [5.41, 5.74) is 4.55. The highest BCUT2D eigenvalue weighted by atomic mass is 16.3. The third-order valence-corrected chi connectivity index (χ3v) is 4.67. The van der Waals surface area contributed by atoms with Crippen molar-refractivity contribution in [1.29, 1.82) is 0 Å². The lowest BCUT2D eigenvalue weighted by Gasteiger charge is -2.19. The third-order valence-electron chi connectivity index (χ3n) is 4.67. The number of hydrogen-bond acceptors (Lipinski definition) is 1. The van der Waals surface area contributed by atoms with Crippen molar-refractivity contribution in [3.05, 3.63) is 52.6 Å². The zero-order chi connectivity index (χ0) is 15.3. The first-order chi connectivity index (χ1) is 9.93. The summed E-state index contributed by atoms with van der Waals surface area (Å²) in [6.07, 6.45) is 0. The summed E-state index contributed by atoms with van der Waals surface area (Å²) in [5.74, 6) is 0.760. The highest BCUT2D eigenvalue weighted by Gasteiger charge is 2.18. The molecule has 3 aromatic rings. The van der Waals surface area contributed by atoms with Crippen LogP contribution in [0.25, 0.3) is 21.5 Å². The van der Waals surface area contributed by atoms with E-state index in [1.165, 1.54) is 32.7 Å². The molecular weight excluding hydrogens is 256 g/mol. The Balaban J connectivity index is 2.67. The molecular formula is C20H22O. The third kappa shape index (κ3) is 1.91. The second-order valence-corrected chi connectivity index (χ2v) is 6.33. The van der Waals surface area contributed by atoms with Crippen molar-refractivity contribution >= 4 is 21.5 Å².